The lowest BCUT2D eigenvalue weighted by Gasteiger charge is -2.14. The summed E-state index contributed by atoms with van der Waals surface area (Å²) >= 11 is 2.04. The Morgan fingerprint density at radius 1 is 1.69 bits per heavy atom. The van der Waals surface area contributed by atoms with E-state index in [0.29, 0.717) is 0 Å². The van der Waals surface area contributed by atoms with Gasteiger partial charge in [-0.1, -0.05) is 0 Å². The van der Waals surface area contributed by atoms with Crippen LogP contribution >= 0.6 is 22.6 Å². The van der Waals surface area contributed by atoms with Gasteiger partial charge in [0.25, 0.3) is 0 Å². The monoisotopic (exact) mass is 338 g/mol. The Hall–Kier alpha value is -0.510. The molecule has 1 aromatic heterocycles. The van der Waals surface area contributed by atoms with Gasteiger partial charge in [0.05, 0.1) is 12.7 Å². The van der Waals surface area contributed by atoms with E-state index >= 15 is 0 Å². The minimum absolute atomic E-state index is 0.260. The smallest absolute Gasteiger partial charge is 0.349 e. The van der Waals surface area contributed by atoms with Crippen molar-refractivity contribution in [3.8, 4) is 0 Å². The van der Waals surface area contributed by atoms with Gasteiger partial charge in [-0.2, -0.15) is 0 Å². The van der Waals surface area contributed by atoms with E-state index in [-0.39, 0.29) is 13.0 Å². The fourth-order valence-electron chi connectivity index (χ4n) is 1.66. The van der Waals surface area contributed by atoms with Crippen LogP contribution < -0.4 is 5.69 Å². The minimum atomic E-state index is -0.750. The molecule has 0 saturated carbocycles. The molecule has 1 aliphatic rings. The van der Waals surface area contributed by atoms with Crippen LogP contribution in [0.2, 0.25) is 0 Å². The Bertz CT molecular complexity index is 436. The van der Waals surface area contributed by atoms with Crippen molar-refractivity contribution in [2.45, 2.75) is 24.9 Å². The van der Waals surface area contributed by atoms with E-state index in [4.69, 9.17) is 9.84 Å². The molecule has 0 aliphatic carbocycles. The molecule has 7 heteroatoms. The lowest BCUT2D eigenvalue weighted by Crippen LogP contribution is -2.27. The van der Waals surface area contributed by atoms with E-state index in [0.717, 1.165) is 3.57 Å². The summed E-state index contributed by atoms with van der Waals surface area (Å²) in [6, 6.07) is 0. The zero-order valence-electron chi connectivity index (χ0n) is 8.28. The Kier molecular flexibility index (Phi) is 3.57. The van der Waals surface area contributed by atoms with Gasteiger partial charge in [0, 0.05) is 22.4 Å². The molecule has 1 aliphatic heterocycles. The van der Waals surface area contributed by atoms with E-state index < -0.39 is 24.1 Å². The van der Waals surface area contributed by atoms with Crippen LogP contribution in [0.4, 0.5) is 0 Å². The molecule has 1 fully saturated rings. The molecule has 1 saturated heterocycles. The second kappa shape index (κ2) is 4.78. The van der Waals surface area contributed by atoms with E-state index in [1.54, 1.807) is 6.20 Å². The average Bonchev–Trinajstić information content (AvgIpc) is 2.63. The van der Waals surface area contributed by atoms with Gasteiger partial charge >= 0.3 is 5.69 Å². The van der Waals surface area contributed by atoms with Gasteiger partial charge in [-0.25, -0.2) is 9.78 Å². The Morgan fingerprint density at radius 3 is 3.06 bits per heavy atom. The van der Waals surface area contributed by atoms with Crippen molar-refractivity contribution in [3.05, 3.63) is 26.4 Å². The van der Waals surface area contributed by atoms with Crippen molar-refractivity contribution < 1.29 is 14.9 Å². The van der Waals surface area contributed by atoms with Crippen LogP contribution in [0.3, 0.4) is 0 Å². The molecule has 16 heavy (non-hydrogen) atoms. The highest BCUT2D eigenvalue weighted by Gasteiger charge is 2.34. The summed E-state index contributed by atoms with van der Waals surface area (Å²) in [7, 11) is 0. The lowest BCUT2D eigenvalue weighted by atomic mass is 10.2. The van der Waals surface area contributed by atoms with Crippen LogP contribution in [-0.2, 0) is 4.74 Å². The van der Waals surface area contributed by atoms with E-state index in [9.17, 15) is 9.90 Å². The maximum atomic E-state index is 11.5. The fourth-order valence-corrected chi connectivity index (χ4v) is 2.10. The molecule has 3 atom stereocenters. The molecule has 1 unspecified atom stereocenters. The number of hydrogen-bond acceptors (Lipinski definition) is 5. The van der Waals surface area contributed by atoms with Crippen LogP contribution in [0.1, 0.15) is 12.6 Å². The first-order valence-electron chi connectivity index (χ1n) is 4.80. The molecule has 88 valence electrons. The van der Waals surface area contributed by atoms with Crippen molar-refractivity contribution in [1.29, 1.82) is 0 Å². The standard InChI is InChI=1S/C9H11IN2O4/c10-5-2-11-9(15)12(3-5)8-1-6(14)7(4-13)16-8/h2-3,6-8,13-14H,1,4H2/t6-,7+,8?/m0/s1. The maximum Gasteiger partial charge on any atom is 0.349 e. The zero-order valence-corrected chi connectivity index (χ0v) is 10.4. The van der Waals surface area contributed by atoms with Crippen LogP contribution in [0.5, 0.6) is 0 Å². The van der Waals surface area contributed by atoms with Crippen molar-refractivity contribution in [2.24, 2.45) is 0 Å². The molecule has 0 aromatic carbocycles. The Balaban J connectivity index is 2.26. The van der Waals surface area contributed by atoms with Crippen LogP contribution in [-0.4, -0.2) is 38.6 Å². The summed E-state index contributed by atoms with van der Waals surface area (Å²) in [6.45, 7) is -0.260. The van der Waals surface area contributed by atoms with Crippen molar-refractivity contribution in [3.63, 3.8) is 0 Å². The number of aliphatic hydroxyl groups is 2. The molecule has 0 radical (unpaired) electrons. The van der Waals surface area contributed by atoms with Gasteiger partial charge in [0.15, 0.2) is 0 Å². The summed E-state index contributed by atoms with van der Waals surface area (Å²) in [5, 5.41) is 18.5. The molecule has 0 spiro atoms. The van der Waals surface area contributed by atoms with E-state index in [1.165, 1.54) is 10.8 Å². The van der Waals surface area contributed by atoms with Crippen molar-refractivity contribution in [1.82, 2.24) is 9.55 Å². The molecule has 2 heterocycles. The number of nitrogens with zero attached hydrogens (tertiary/aromatic N) is 2. The van der Waals surface area contributed by atoms with Gasteiger partial charge in [0.1, 0.15) is 12.3 Å². The topological polar surface area (TPSA) is 84.6 Å². The lowest BCUT2D eigenvalue weighted by molar-refractivity contribution is -0.0459. The normalized spacial score (nSPS) is 29.6. The third kappa shape index (κ3) is 2.26. The third-order valence-corrected chi connectivity index (χ3v) is 3.03. The van der Waals surface area contributed by atoms with Gasteiger partial charge in [0.2, 0.25) is 0 Å². The predicted molar refractivity (Wildman–Crippen MR) is 62.8 cm³/mol. The Labute approximate surface area is 105 Å². The number of aromatic nitrogens is 2. The third-order valence-electron chi connectivity index (χ3n) is 2.48. The first-order valence-corrected chi connectivity index (χ1v) is 5.87. The number of ether oxygens (including phenoxy) is 1. The number of halogens is 1. The molecule has 2 N–H and O–H groups in total. The highest BCUT2D eigenvalue weighted by atomic mass is 127. The van der Waals surface area contributed by atoms with Crippen LogP contribution in [0, 0.1) is 3.57 Å². The molecule has 1 aromatic rings. The quantitative estimate of drug-likeness (QED) is 0.710. The zero-order chi connectivity index (χ0) is 11.7. The predicted octanol–water partition coefficient (Wildman–Crippen LogP) is -0.511. The molecular formula is C9H11IN2O4. The van der Waals surface area contributed by atoms with Gasteiger partial charge < -0.3 is 14.9 Å². The van der Waals surface area contributed by atoms with Crippen LogP contribution in [0.25, 0.3) is 0 Å². The van der Waals surface area contributed by atoms with Crippen molar-refractivity contribution in [2.75, 3.05) is 6.61 Å². The molecular weight excluding hydrogens is 327 g/mol. The average molecular weight is 338 g/mol. The van der Waals surface area contributed by atoms with E-state index in [2.05, 4.69) is 4.98 Å². The highest BCUT2D eigenvalue weighted by Crippen LogP contribution is 2.27. The highest BCUT2D eigenvalue weighted by molar-refractivity contribution is 14.1. The van der Waals surface area contributed by atoms with Crippen molar-refractivity contribution >= 4 is 22.6 Å². The fraction of sp³-hybridized carbons (Fsp3) is 0.556. The second-order valence-electron chi connectivity index (χ2n) is 3.58. The summed E-state index contributed by atoms with van der Waals surface area (Å²) in [6.07, 6.45) is 1.44. The summed E-state index contributed by atoms with van der Waals surface area (Å²) in [5.74, 6) is 0. The van der Waals surface area contributed by atoms with Crippen LogP contribution in [0.15, 0.2) is 17.2 Å². The first kappa shape index (κ1) is 12.0. The van der Waals surface area contributed by atoms with Gasteiger partial charge in [-0.15, -0.1) is 0 Å². The Morgan fingerprint density at radius 2 is 2.44 bits per heavy atom. The number of rotatable bonds is 2. The molecule has 0 amide bonds. The van der Waals surface area contributed by atoms with Gasteiger partial charge in [-0.3, -0.25) is 4.57 Å². The minimum Gasteiger partial charge on any atom is -0.394 e. The second-order valence-corrected chi connectivity index (χ2v) is 4.82. The molecule has 0 bridgehead atoms. The maximum absolute atomic E-state index is 11.5. The summed E-state index contributed by atoms with van der Waals surface area (Å²) in [4.78, 5) is 15.2. The summed E-state index contributed by atoms with van der Waals surface area (Å²) < 4.78 is 7.51. The molecule has 2 rings (SSSR count). The first-order chi connectivity index (χ1) is 7.61. The van der Waals surface area contributed by atoms with E-state index in [1.807, 2.05) is 22.6 Å². The summed E-state index contributed by atoms with van der Waals surface area (Å²) in [5.41, 5.74) is -0.420. The number of aliphatic hydroxyl groups excluding tert-OH is 2. The largest absolute Gasteiger partial charge is 0.394 e. The van der Waals surface area contributed by atoms with Gasteiger partial charge in [-0.05, 0) is 22.6 Å². The SMILES string of the molecule is O=c1ncc(I)cn1C1C[C@H](O)[C@@H](CO)O1. The number of hydrogen-bond donors (Lipinski definition) is 2. The molecule has 6 nitrogen and oxygen atoms in total.